The van der Waals surface area contributed by atoms with Crippen molar-refractivity contribution in [2.24, 2.45) is 0 Å². The number of hydrogen-bond donors (Lipinski definition) is 1. The Bertz CT molecular complexity index is 1040. The highest BCUT2D eigenvalue weighted by Crippen LogP contribution is 2.22. The van der Waals surface area contributed by atoms with Gasteiger partial charge < -0.3 is 10.2 Å². The molecule has 0 unspecified atom stereocenters. The average molecular weight is 424 g/mol. The number of amides is 2. The number of rotatable bonds is 7. The topological polar surface area (TPSA) is 80.1 Å². The van der Waals surface area contributed by atoms with Crippen LogP contribution in [0.25, 0.3) is 5.69 Å². The molecule has 30 heavy (non-hydrogen) atoms. The first-order chi connectivity index (χ1) is 14.3. The SMILES string of the molecule is Cc1cc(C)cc(-n2ccnc2SCC(=O)N(C)CC(=O)Nc2cc(C)ccn2)c1. The third kappa shape index (κ3) is 5.70. The summed E-state index contributed by atoms with van der Waals surface area (Å²) in [5.74, 6) is 0.229. The molecule has 0 fully saturated rings. The normalized spacial score (nSPS) is 10.7. The van der Waals surface area contributed by atoms with Crippen LogP contribution in [0.2, 0.25) is 0 Å². The number of nitrogens with zero attached hydrogens (tertiary/aromatic N) is 4. The monoisotopic (exact) mass is 423 g/mol. The first-order valence-electron chi connectivity index (χ1n) is 9.53. The van der Waals surface area contributed by atoms with E-state index in [0.717, 1.165) is 16.4 Å². The van der Waals surface area contributed by atoms with Crippen molar-refractivity contribution >= 4 is 29.4 Å². The van der Waals surface area contributed by atoms with Gasteiger partial charge in [0, 0.05) is 31.3 Å². The summed E-state index contributed by atoms with van der Waals surface area (Å²) in [6.07, 6.45) is 5.23. The number of aromatic nitrogens is 3. The van der Waals surface area contributed by atoms with Crippen LogP contribution in [0.15, 0.2) is 54.1 Å². The third-order valence-corrected chi connectivity index (χ3v) is 5.36. The van der Waals surface area contributed by atoms with Crippen LogP contribution in [-0.2, 0) is 9.59 Å². The molecule has 0 radical (unpaired) electrons. The lowest BCUT2D eigenvalue weighted by atomic mass is 10.1. The number of hydrogen-bond acceptors (Lipinski definition) is 5. The maximum absolute atomic E-state index is 12.5. The van der Waals surface area contributed by atoms with E-state index in [-0.39, 0.29) is 24.1 Å². The van der Waals surface area contributed by atoms with Gasteiger partial charge in [-0.2, -0.15) is 0 Å². The molecule has 0 atom stereocenters. The maximum atomic E-state index is 12.5. The number of aryl methyl sites for hydroxylation is 3. The lowest BCUT2D eigenvalue weighted by Gasteiger charge is -2.16. The standard InChI is InChI=1S/C22H25N5O2S/c1-15-5-6-23-19(12-15)25-20(28)13-26(4)21(29)14-30-22-24-7-8-27(22)18-10-16(2)9-17(3)11-18/h5-12H,13-14H2,1-4H3,(H,23,25,28). The van der Waals surface area contributed by atoms with Crippen LogP contribution in [0.4, 0.5) is 5.82 Å². The second kappa shape index (κ2) is 9.58. The minimum Gasteiger partial charge on any atom is -0.336 e. The highest BCUT2D eigenvalue weighted by molar-refractivity contribution is 7.99. The average Bonchev–Trinajstić information content (AvgIpc) is 3.13. The lowest BCUT2D eigenvalue weighted by molar-refractivity contribution is -0.131. The highest BCUT2D eigenvalue weighted by Gasteiger charge is 2.16. The van der Waals surface area contributed by atoms with Crippen molar-refractivity contribution in [1.82, 2.24) is 19.4 Å². The molecule has 156 valence electrons. The number of thioether (sulfide) groups is 1. The van der Waals surface area contributed by atoms with E-state index in [1.807, 2.05) is 23.8 Å². The molecule has 0 aliphatic heterocycles. The zero-order valence-electron chi connectivity index (χ0n) is 17.5. The molecule has 8 heteroatoms. The Morgan fingerprint density at radius 3 is 2.47 bits per heavy atom. The molecule has 0 saturated carbocycles. The van der Waals surface area contributed by atoms with Gasteiger partial charge in [-0.15, -0.1) is 0 Å². The fraction of sp³-hybridized carbons (Fsp3) is 0.273. The third-order valence-electron chi connectivity index (χ3n) is 4.41. The van der Waals surface area contributed by atoms with E-state index in [2.05, 4.69) is 47.3 Å². The summed E-state index contributed by atoms with van der Waals surface area (Å²) in [5, 5.41) is 3.44. The van der Waals surface area contributed by atoms with Gasteiger partial charge in [0.2, 0.25) is 11.8 Å². The molecule has 0 saturated heterocycles. The van der Waals surface area contributed by atoms with Crippen LogP contribution in [0.1, 0.15) is 16.7 Å². The van der Waals surface area contributed by atoms with E-state index in [9.17, 15) is 9.59 Å². The molecule has 2 amide bonds. The van der Waals surface area contributed by atoms with Crippen LogP contribution in [0.3, 0.4) is 0 Å². The Morgan fingerprint density at radius 1 is 1.03 bits per heavy atom. The molecule has 3 rings (SSSR count). The molecule has 3 aromatic rings. The Labute approximate surface area is 180 Å². The smallest absolute Gasteiger partial charge is 0.245 e. The summed E-state index contributed by atoms with van der Waals surface area (Å²) in [6, 6.07) is 9.91. The zero-order valence-corrected chi connectivity index (χ0v) is 18.4. The van der Waals surface area contributed by atoms with Crippen molar-refractivity contribution in [2.45, 2.75) is 25.9 Å². The Kier molecular flexibility index (Phi) is 6.89. The number of anilines is 1. The highest BCUT2D eigenvalue weighted by atomic mass is 32.2. The maximum Gasteiger partial charge on any atom is 0.245 e. The van der Waals surface area contributed by atoms with E-state index in [4.69, 9.17) is 0 Å². The van der Waals surface area contributed by atoms with Crippen LogP contribution in [0, 0.1) is 20.8 Å². The predicted octanol–water partition coefficient (Wildman–Crippen LogP) is 3.38. The first-order valence-corrected chi connectivity index (χ1v) is 10.5. The van der Waals surface area contributed by atoms with E-state index in [0.29, 0.717) is 5.82 Å². The van der Waals surface area contributed by atoms with Crippen molar-refractivity contribution in [1.29, 1.82) is 0 Å². The van der Waals surface area contributed by atoms with Crippen molar-refractivity contribution in [2.75, 3.05) is 24.7 Å². The van der Waals surface area contributed by atoms with Gasteiger partial charge in [-0.05, 0) is 61.7 Å². The van der Waals surface area contributed by atoms with Gasteiger partial charge in [0.25, 0.3) is 0 Å². The molecule has 0 bridgehead atoms. The van der Waals surface area contributed by atoms with Gasteiger partial charge >= 0.3 is 0 Å². The summed E-state index contributed by atoms with van der Waals surface area (Å²) in [4.78, 5) is 34.6. The van der Waals surface area contributed by atoms with Gasteiger partial charge in [0.1, 0.15) is 5.82 Å². The Hall–Kier alpha value is -3.13. The van der Waals surface area contributed by atoms with E-state index >= 15 is 0 Å². The van der Waals surface area contributed by atoms with Gasteiger partial charge in [0.05, 0.1) is 12.3 Å². The van der Waals surface area contributed by atoms with Crippen LogP contribution < -0.4 is 5.32 Å². The quantitative estimate of drug-likeness (QED) is 0.589. The molecule has 2 heterocycles. The second-order valence-electron chi connectivity index (χ2n) is 7.23. The fourth-order valence-electron chi connectivity index (χ4n) is 3.01. The van der Waals surface area contributed by atoms with Crippen LogP contribution in [-0.4, -0.2) is 50.6 Å². The Morgan fingerprint density at radius 2 is 1.77 bits per heavy atom. The minimum absolute atomic E-state index is 0.0411. The predicted molar refractivity (Wildman–Crippen MR) is 119 cm³/mol. The van der Waals surface area contributed by atoms with Crippen molar-refractivity contribution in [3.8, 4) is 5.69 Å². The number of imidazole rings is 1. The molecule has 2 aromatic heterocycles. The fourth-order valence-corrected chi connectivity index (χ4v) is 3.92. The first kappa shape index (κ1) is 21.6. The van der Waals surface area contributed by atoms with Gasteiger partial charge in [-0.3, -0.25) is 14.2 Å². The van der Waals surface area contributed by atoms with E-state index in [1.54, 1.807) is 25.5 Å². The summed E-state index contributed by atoms with van der Waals surface area (Å²) < 4.78 is 1.97. The zero-order chi connectivity index (χ0) is 21.7. The Balaban J connectivity index is 1.57. The summed E-state index contributed by atoms with van der Waals surface area (Å²) in [5.41, 5.74) is 4.35. The number of benzene rings is 1. The number of carbonyl (C=O) groups is 2. The molecule has 1 N–H and O–H groups in total. The van der Waals surface area contributed by atoms with Gasteiger partial charge in [-0.25, -0.2) is 9.97 Å². The largest absolute Gasteiger partial charge is 0.336 e. The summed E-state index contributed by atoms with van der Waals surface area (Å²) >= 11 is 1.35. The van der Waals surface area contributed by atoms with Crippen molar-refractivity contribution in [3.05, 3.63) is 65.6 Å². The molecule has 7 nitrogen and oxygen atoms in total. The summed E-state index contributed by atoms with van der Waals surface area (Å²) in [6.45, 7) is 5.98. The van der Waals surface area contributed by atoms with E-state index in [1.165, 1.54) is 27.8 Å². The van der Waals surface area contributed by atoms with Gasteiger partial charge in [0.15, 0.2) is 5.16 Å². The van der Waals surface area contributed by atoms with Crippen LogP contribution in [0.5, 0.6) is 0 Å². The van der Waals surface area contributed by atoms with Crippen molar-refractivity contribution < 1.29 is 9.59 Å². The molecule has 0 spiro atoms. The van der Waals surface area contributed by atoms with Crippen molar-refractivity contribution in [3.63, 3.8) is 0 Å². The molecular formula is C22H25N5O2S. The minimum atomic E-state index is -0.286. The number of pyridine rings is 1. The van der Waals surface area contributed by atoms with Gasteiger partial charge in [-0.1, -0.05) is 17.8 Å². The second-order valence-corrected chi connectivity index (χ2v) is 8.17. The summed E-state index contributed by atoms with van der Waals surface area (Å²) in [7, 11) is 1.61. The molecule has 0 aliphatic carbocycles. The lowest BCUT2D eigenvalue weighted by Crippen LogP contribution is -2.36. The molecular weight excluding hydrogens is 398 g/mol. The van der Waals surface area contributed by atoms with Crippen LogP contribution >= 0.6 is 11.8 Å². The number of likely N-dealkylation sites (N-methyl/N-ethyl adjacent to an activating group) is 1. The number of nitrogens with one attached hydrogen (secondary N) is 1. The molecule has 0 aliphatic rings. The number of carbonyl (C=O) groups excluding carboxylic acids is 2. The van der Waals surface area contributed by atoms with E-state index < -0.39 is 0 Å². The molecule has 1 aromatic carbocycles.